The first kappa shape index (κ1) is 17.4. The average molecular weight is 387 g/mol. The van der Waals surface area contributed by atoms with Gasteiger partial charge in [-0.05, 0) is 0 Å². The van der Waals surface area contributed by atoms with Gasteiger partial charge < -0.3 is 0 Å². The molecule has 0 fully saturated rings. The summed E-state index contributed by atoms with van der Waals surface area (Å²) in [6, 6.07) is 0. The summed E-state index contributed by atoms with van der Waals surface area (Å²) >= 11 is 1.06. The van der Waals surface area contributed by atoms with Gasteiger partial charge in [0.25, 0.3) is 0 Å². The van der Waals surface area contributed by atoms with Crippen molar-refractivity contribution in [3.63, 3.8) is 0 Å². The van der Waals surface area contributed by atoms with Gasteiger partial charge >= 0.3 is 28.2 Å². The van der Waals surface area contributed by atoms with Crippen LogP contribution >= 0.6 is 12.4 Å². The summed E-state index contributed by atoms with van der Waals surface area (Å²) in [5.74, 6) is 0. The molecule has 2 rings (SSSR count). The Balaban J connectivity index is 0. The molecule has 0 heterocycles. The first-order valence-electron chi connectivity index (χ1n) is 4.61. The Kier molecular flexibility index (Phi) is 14.0. The van der Waals surface area contributed by atoms with Gasteiger partial charge in [-0.1, -0.05) is 6.92 Å². The summed E-state index contributed by atoms with van der Waals surface area (Å²) in [4.78, 5) is 0. The van der Waals surface area contributed by atoms with Crippen LogP contribution in [0.5, 0.6) is 0 Å². The minimum atomic E-state index is 0. The molecule has 2 aliphatic carbocycles. The van der Waals surface area contributed by atoms with E-state index in [-0.39, 0.29) is 12.4 Å². The summed E-state index contributed by atoms with van der Waals surface area (Å²) in [5.41, 5.74) is 2.85. The molecule has 0 radical (unpaired) electrons. The molecule has 0 amide bonds. The molecule has 0 aromatic heterocycles. The van der Waals surface area contributed by atoms with Crippen LogP contribution in [-0.2, 0) is 23.9 Å². The van der Waals surface area contributed by atoms with Crippen molar-refractivity contribution in [2.75, 3.05) is 0 Å². The molecule has 0 spiro atoms. The summed E-state index contributed by atoms with van der Waals surface area (Å²) in [6.07, 6.45) is 16.2. The number of hydrogen-bond acceptors (Lipinski definition) is 0. The molecule has 15 heavy (non-hydrogen) atoms. The second-order valence-corrected chi connectivity index (χ2v) is 2.99. The molecule has 2 aliphatic rings. The molecule has 0 unspecified atom stereocenters. The first-order chi connectivity index (χ1) is 6.80. The van der Waals surface area contributed by atoms with Gasteiger partial charge in [-0.15, -0.1) is 32.2 Å². The molecule has 0 aliphatic heterocycles. The normalized spacial score (nSPS) is 15.2. The van der Waals surface area contributed by atoms with E-state index in [1.54, 1.807) is 0 Å². The Morgan fingerprint density at radius 1 is 1.27 bits per heavy atom. The van der Waals surface area contributed by atoms with E-state index >= 15 is 0 Å². The van der Waals surface area contributed by atoms with Crippen molar-refractivity contribution in [3.05, 3.63) is 47.6 Å². The first-order valence-corrected chi connectivity index (χ1v) is 7.15. The van der Waals surface area contributed by atoms with Crippen molar-refractivity contribution in [1.82, 2.24) is 0 Å². The fourth-order valence-corrected chi connectivity index (χ4v) is 0.960. The van der Waals surface area contributed by atoms with Crippen LogP contribution in [0.4, 0.5) is 0 Å². The molecule has 0 saturated heterocycles. The van der Waals surface area contributed by atoms with Crippen LogP contribution in [0.1, 0.15) is 26.7 Å². The molecule has 0 saturated carbocycles. The van der Waals surface area contributed by atoms with Gasteiger partial charge in [0.2, 0.25) is 0 Å². The average Bonchev–Trinajstić information content (AvgIpc) is 2.86. The summed E-state index contributed by atoms with van der Waals surface area (Å²) < 4.78 is 3.39. The molecule has 0 aromatic rings. The molecule has 0 aromatic carbocycles. The molecular weight excluding hydrogens is 370 g/mol. The second kappa shape index (κ2) is 12.1. The molecule has 0 atom stereocenters. The molecule has 0 nitrogen and oxygen atoms in total. The summed E-state index contributed by atoms with van der Waals surface area (Å²) in [7, 11) is 0. The van der Waals surface area contributed by atoms with E-state index in [1.165, 1.54) is 11.1 Å². The van der Waals surface area contributed by atoms with Crippen molar-refractivity contribution in [2.45, 2.75) is 26.7 Å². The Bertz CT molecular complexity index is 262. The number of allylic oxidation sites excluding steroid dienone is 8. The molecule has 80 valence electrons. The molecule has 2 heteroatoms. The predicted molar refractivity (Wildman–Crippen MR) is 66.7 cm³/mol. The van der Waals surface area contributed by atoms with E-state index in [4.69, 9.17) is 0 Å². The quantitative estimate of drug-likeness (QED) is 0.439. The van der Waals surface area contributed by atoms with Crippen LogP contribution in [0.2, 0.25) is 0 Å². The van der Waals surface area contributed by atoms with Crippen molar-refractivity contribution < 1.29 is 23.9 Å². The van der Waals surface area contributed by atoms with Crippen molar-refractivity contribution in [2.24, 2.45) is 0 Å². The fourth-order valence-electron chi connectivity index (χ4n) is 0.960. The second-order valence-electron chi connectivity index (χ2n) is 2.99. The third kappa shape index (κ3) is 8.95. The van der Waals surface area contributed by atoms with Crippen LogP contribution in [0.15, 0.2) is 35.5 Å². The fraction of sp³-hybridized carbons (Fsp3) is 0.308. The molecular formula is C13H17ClHf. The van der Waals surface area contributed by atoms with E-state index in [0.717, 1.165) is 36.7 Å². The van der Waals surface area contributed by atoms with Crippen LogP contribution in [0.25, 0.3) is 0 Å². The Morgan fingerprint density at radius 2 is 1.93 bits per heavy atom. The van der Waals surface area contributed by atoms with Crippen molar-refractivity contribution in [3.8, 4) is 0 Å². The van der Waals surface area contributed by atoms with Gasteiger partial charge in [0.05, 0.1) is 0 Å². The SMILES string of the molecule is CC1=C(C)C[C-]=C1.Cl.[C-]1=CC=CC1.[CH2]=[Hf+2]. The molecule has 0 N–H and O–H groups in total. The van der Waals surface area contributed by atoms with Crippen molar-refractivity contribution in [1.29, 1.82) is 0 Å². The predicted octanol–water partition coefficient (Wildman–Crippen LogP) is 3.78. The Labute approximate surface area is 114 Å². The standard InChI is InChI=1S/C7H9.C5H5.CH2.ClH.Hf/c1-6-4-3-5-7(6)2;1-2-4-5-3-1;;;/h4H,5H2,1-2H3;1-3H,4H2;1H2;1H;/q2*-1;;;+2. The van der Waals surface area contributed by atoms with E-state index in [2.05, 4.69) is 42.4 Å². The number of hydrogen-bond donors (Lipinski definition) is 0. The number of halogens is 1. The minimum absolute atomic E-state index is 0. The van der Waals surface area contributed by atoms with Gasteiger partial charge in [-0.25, -0.2) is 23.8 Å². The van der Waals surface area contributed by atoms with Gasteiger partial charge in [0.1, 0.15) is 0 Å². The van der Waals surface area contributed by atoms with Crippen LogP contribution in [-0.4, -0.2) is 4.26 Å². The topological polar surface area (TPSA) is 0 Å². The van der Waals surface area contributed by atoms with E-state index in [1.807, 2.05) is 12.2 Å². The van der Waals surface area contributed by atoms with Gasteiger partial charge in [0.15, 0.2) is 0 Å². The molecule has 0 bridgehead atoms. The Morgan fingerprint density at radius 3 is 2.07 bits per heavy atom. The van der Waals surface area contributed by atoms with E-state index < -0.39 is 0 Å². The van der Waals surface area contributed by atoms with Gasteiger partial charge in [0, 0.05) is 0 Å². The maximum atomic E-state index is 3.39. The number of rotatable bonds is 0. The Hall–Kier alpha value is -0.00987. The van der Waals surface area contributed by atoms with Crippen LogP contribution in [0, 0.1) is 12.2 Å². The zero-order chi connectivity index (χ0) is 10.8. The zero-order valence-electron chi connectivity index (χ0n) is 9.34. The van der Waals surface area contributed by atoms with E-state index in [9.17, 15) is 0 Å². The summed E-state index contributed by atoms with van der Waals surface area (Å²) in [6.45, 7) is 4.27. The van der Waals surface area contributed by atoms with E-state index in [0.29, 0.717) is 0 Å². The van der Waals surface area contributed by atoms with Crippen LogP contribution in [0.3, 0.4) is 0 Å². The maximum absolute atomic E-state index is 3.39. The third-order valence-corrected chi connectivity index (χ3v) is 1.94. The van der Waals surface area contributed by atoms with Gasteiger partial charge in [-0.3, -0.25) is 12.2 Å². The van der Waals surface area contributed by atoms with Gasteiger partial charge in [-0.2, -0.15) is 11.6 Å². The van der Waals surface area contributed by atoms with Crippen molar-refractivity contribution >= 4 is 16.7 Å². The monoisotopic (exact) mass is 388 g/mol. The van der Waals surface area contributed by atoms with Crippen LogP contribution < -0.4 is 0 Å². The zero-order valence-corrected chi connectivity index (χ0v) is 13.7. The summed E-state index contributed by atoms with van der Waals surface area (Å²) in [5, 5.41) is 0. The third-order valence-electron chi connectivity index (χ3n) is 1.94.